The number of thioether (sulfide) groups is 1. The molecule has 3 amide bonds. The van der Waals surface area contributed by atoms with Gasteiger partial charge in [-0.15, -0.1) is 11.3 Å². The summed E-state index contributed by atoms with van der Waals surface area (Å²) in [5, 5.41) is 8.57. The summed E-state index contributed by atoms with van der Waals surface area (Å²) in [6.07, 6.45) is 6.97. The van der Waals surface area contributed by atoms with Crippen molar-refractivity contribution >= 4 is 45.3 Å². The van der Waals surface area contributed by atoms with Crippen LogP contribution in [0.3, 0.4) is 0 Å². The van der Waals surface area contributed by atoms with Crippen molar-refractivity contribution in [1.29, 1.82) is 0 Å². The molecule has 0 unspecified atom stereocenters. The maximum absolute atomic E-state index is 12.2. The number of hydrogen-bond donors (Lipinski definition) is 2. The van der Waals surface area contributed by atoms with E-state index in [2.05, 4.69) is 20.6 Å². The molecule has 2 aromatic rings. The quantitative estimate of drug-likeness (QED) is 0.642. The minimum atomic E-state index is -0.417. The fraction of sp³-hybridized carbons (Fsp3) is 0.500. The molecule has 0 saturated heterocycles. The Balaban J connectivity index is 1.54. The van der Waals surface area contributed by atoms with Gasteiger partial charge in [0.15, 0.2) is 0 Å². The Morgan fingerprint density at radius 3 is 2.88 bits per heavy atom. The van der Waals surface area contributed by atoms with Crippen LogP contribution in [0.15, 0.2) is 22.8 Å². The molecule has 3 rings (SSSR count). The normalized spacial score (nSPS) is 16.7. The third-order valence-electron chi connectivity index (χ3n) is 4.06. The van der Waals surface area contributed by atoms with E-state index >= 15 is 0 Å². The molecule has 0 radical (unpaired) electrons. The molecule has 1 aliphatic rings. The van der Waals surface area contributed by atoms with E-state index in [1.54, 1.807) is 6.92 Å². The van der Waals surface area contributed by atoms with Crippen LogP contribution in [-0.2, 0) is 4.79 Å². The van der Waals surface area contributed by atoms with Gasteiger partial charge in [0.05, 0.1) is 5.25 Å². The predicted molar refractivity (Wildman–Crippen MR) is 96.3 cm³/mol. The van der Waals surface area contributed by atoms with Crippen LogP contribution < -0.4 is 10.6 Å². The van der Waals surface area contributed by atoms with Crippen molar-refractivity contribution in [3.8, 4) is 0 Å². The maximum atomic E-state index is 12.2. The second kappa shape index (κ2) is 7.94. The lowest BCUT2D eigenvalue weighted by Gasteiger charge is -2.23. The average Bonchev–Trinajstić information content (AvgIpc) is 3.05. The summed E-state index contributed by atoms with van der Waals surface area (Å²) in [6, 6.07) is 1.73. The van der Waals surface area contributed by atoms with Gasteiger partial charge in [0.25, 0.3) is 0 Å². The molecule has 0 aromatic carbocycles. The molecular formula is C16H20N4O2S2. The van der Waals surface area contributed by atoms with Gasteiger partial charge in [-0.25, -0.2) is 14.8 Å². The Morgan fingerprint density at radius 1 is 1.29 bits per heavy atom. The van der Waals surface area contributed by atoms with E-state index in [9.17, 15) is 9.59 Å². The Bertz CT molecular complexity index is 728. The smallest absolute Gasteiger partial charge is 0.321 e. The molecule has 1 atom stereocenters. The summed E-state index contributed by atoms with van der Waals surface area (Å²) in [7, 11) is 0. The highest BCUT2D eigenvalue weighted by Crippen LogP contribution is 2.30. The van der Waals surface area contributed by atoms with Gasteiger partial charge in [0, 0.05) is 11.4 Å². The molecule has 2 heterocycles. The van der Waals surface area contributed by atoms with Gasteiger partial charge in [-0.3, -0.25) is 10.1 Å². The largest absolute Gasteiger partial charge is 0.335 e. The maximum Gasteiger partial charge on any atom is 0.321 e. The minimum Gasteiger partial charge on any atom is -0.335 e. The van der Waals surface area contributed by atoms with Crippen LogP contribution in [0, 0.1) is 0 Å². The van der Waals surface area contributed by atoms with Crippen LogP contribution in [0.1, 0.15) is 39.0 Å². The molecule has 24 heavy (non-hydrogen) atoms. The predicted octanol–water partition coefficient (Wildman–Crippen LogP) is 3.33. The van der Waals surface area contributed by atoms with Gasteiger partial charge < -0.3 is 5.32 Å². The molecule has 2 N–H and O–H groups in total. The Hall–Kier alpha value is -1.67. The monoisotopic (exact) mass is 364 g/mol. The van der Waals surface area contributed by atoms with Gasteiger partial charge >= 0.3 is 6.03 Å². The molecule has 8 heteroatoms. The summed E-state index contributed by atoms with van der Waals surface area (Å²) in [5.74, 6) is -0.310. The van der Waals surface area contributed by atoms with Gasteiger partial charge in [-0.2, -0.15) is 0 Å². The highest BCUT2D eigenvalue weighted by Gasteiger charge is 2.21. The first-order valence-corrected chi connectivity index (χ1v) is 9.85. The molecule has 0 bridgehead atoms. The van der Waals surface area contributed by atoms with Crippen molar-refractivity contribution < 1.29 is 9.59 Å². The number of thiophene rings is 1. The number of urea groups is 1. The first-order chi connectivity index (χ1) is 11.6. The van der Waals surface area contributed by atoms with Crippen molar-refractivity contribution in [2.75, 3.05) is 0 Å². The van der Waals surface area contributed by atoms with E-state index in [4.69, 9.17) is 0 Å². The van der Waals surface area contributed by atoms with Crippen LogP contribution in [0.25, 0.3) is 10.2 Å². The van der Waals surface area contributed by atoms with E-state index in [0.29, 0.717) is 0 Å². The molecule has 1 saturated carbocycles. The number of amides is 3. The number of carbonyl (C=O) groups excluding carboxylic acids is 2. The lowest BCUT2D eigenvalue weighted by molar-refractivity contribution is -0.119. The zero-order chi connectivity index (χ0) is 16.9. The van der Waals surface area contributed by atoms with Crippen LogP contribution in [0.4, 0.5) is 4.79 Å². The second-order valence-electron chi connectivity index (χ2n) is 5.88. The Kier molecular flexibility index (Phi) is 5.68. The highest BCUT2D eigenvalue weighted by molar-refractivity contribution is 8.00. The van der Waals surface area contributed by atoms with Gasteiger partial charge in [-0.1, -0.05) is 31.0 Å². The minimum absolute atomic E-state index is 0.182. The zero-order valence-corrected chi connectivity index (χ0v) is 15.1. The van der Waals surface area contributed by atoms with Crippen LogP contribution in [-0.4, -0.2) is 33.2 Å². The summed E-state index contributed by atoms with van der Waals surface area (Å²) >= 11 is 2.88. The van der Waals surface area contributed by atoms with E-state index in [0.717, 1.165) is 40.9 Å². The summed E-state index contributed by atoms with van der Waals surface area (Å²) in [4.78, 5) is 33.6. The molecule has 128 valence electrons. The molecule has 2 aromatic heterocycles. The van der Waals surface area contributed by atoms with Crippen molar-refractivity contribution in [2.45, 2.75) is 55.3 Å². The fourth-order valence-electron chi connectivity index (χ4n) is 2.76. The Labute approximate surface area is 148 Å². The van der Waals surface area contributed by atoms with Crippen molar-refractivity contribution in [3.63, 3.8) is 0 Å². The van der Waals surface area contributed by atoms with Crippen LogP contribution in [0.5, 0.6) is 0 Å². The lowest BCUT2D eigenvalue weighted by atomic mass is 9.96. The van der Waals surface area contributed by atoms with E-state index in [1.165, 1.54) is 35.8 Å². The zero-order valence-electron chi connectivity index (χ0n) is 13.4. The van der Waals surface area contributed by atoms with Crippen molar-refractivity contribution in [3.05, 3.63) is 17.8 Å². The number of nitrogens with zero attached hydrogens (tertiary/aromatic N) is 2. The number of fused-ring (bicyclic) bond motifs is 1. The Morgan fingerprint density at radius 2 is 2.08 bits per heavy atom. The number of nitrogens with one attached hydrogen (secondary N) is 2. The third kappa shape index (κ3) is 4.24. The van der Waals surface area contributed by atoms with Gasteiger partial charge in [0.1, 0.15) is 16.2 Å². The first kappa shape index (κ1) is 17.2. The van der Waals surface area contributed by atoms with Gasteiger partial charge in [-0.05, 0) is 31.2 Å². The van der Waals surface area contributed by atoms with E-state index < -0.39 is 11.3 Å². The fourth-order valence-corrected chi connectivity index (χ4v) is 4.46. The lowest BCUT2D eigenvalue weighted by Crippen LogP contribution is -2.47. The third-order valence-corrected chi connectivity index (χ3v) is 6.00. The van der Waals surface area contributed by atoms with Crippen LogP contribution >= 0.6 is 23.1 Å². The molecular weight excluding hydrogens is 344 g/mol. The highest BCUT2D eigenvalue weighted by atomic mass is 32.2. The summed E-state index contributed by atoms with van der Waals surface area (Å²) < 4.78 is 0. The summed E-state index contributed by atoms with van der Waals surface area (Å²) in [5.41, 5.74) is 0. The number of carbonyl (C=O) groups is 2. The molecule has 0 spiro atoms. The van der Waals surface area contributed by atoms with Crippen molar-refractivity contribution in [1.82, 2.24) is 20.6 Å². The number of aromatic nitrogens is 2. The number of imide groups is 1. The summed E-state index contributed by atoms with van der Waals surface area (Å²) in [6.45, 7) is 1.77. The van der Waals surface area contributed by atoms with E-state index in [1.807, 2.05) is 11.4 Å². The SMILES string of the molecule is C[C@H](Sc1ncnc2sccc12)C(=O)NC(=O)NC1CCCCC1. The molecule has 0 aliphatic heterocycles. The van der Waals surface area contributed by atoms with Gasteiger partial charge in [0.2, 0.25) is 5.91 Å². The molecule has 1 fully saturated rings. The van der Waals surface area contributed by atoms with Crippen LogP contribution in [0.2, 0.25) is 0 Å². The standard InChI is InChI=1S/C16H20N4O2S2/c1-10(24-15-12-7-8-23-14(12)17-9-18-15)13(21)20-16(22)19-11-5-3-2-4-6-11/h7-11H,2-6H2,1H3,(H2,19,20,21,22)/t10-/m0/s1. The topological polar surface area (TPSA) is 84.0 Å². The average molecular weight is 364 g/mol. The number of rotatable bonds is 4. The van der Waals surface area contributed by atoms with Crippen molar-refractivity contribution in [2.24, 2.45) is 0 Å². The molecule has 1 aliphatic carbocycles. The first-order valence-electron chi connectivity index (χ1n) is 8.09. The second-order valence-corrected chi connectivity index (χ2v) is 8.10. The molecule has 6 nitrogen and oxygen atoms in total. The number of hydrogen-bond acceptors (Lipinski definition) is 6. The van der Waals surface area contributed by atoms with E-state index in [-0.39, 0.29) is 11.9 Å².